The van der Waals surface area contributed by atoms with Gasteiger partial charge in [0.15, 0.2) is 12.4 Å². The van der Waals surface area contributed by atoms with Crippen molar-refractivity contribution >= 4 is 17.5 Å². The third kappa shape index (κ3) is 4.22. The molecular formula is C29H44O6. The van der Waals surface area contributed by atoms with Crippen LogP contribution in [-0.4, -0.2) is 46.1 Å². The number of carbonyl (C=O) groups is 3. The monoisotopic (exact) mass is 488 g/mol. The van der Waals surface area contributed by atoms with Crippen molar-refractivity contribution in [2.75, 3.05) is 6.61 Å². The normalized spacial score (nSPS) is 41.3. The molecule has 0 aromatic carbocycles. The highest BCUT2D eigenvalue weighted by atomic mass is 16.5. The number of fused-ring (bicyclic) bond motifs is 5. The van der Waals surface area contributed by atoms with E-state index in [0.717, 1.165) is 44.9 Å². The Morgan fingerprint density at radius 3 is 2.60 bits per heavy atom. The first kappa shape index (κ1) is 26.5. The fourth-order valence-corrected chi connectivity index (χ4v) is 8.46. The van der Waals surface area contributed by atoms with E-state index in [4.69, 9.17) is 4.74 Å². The number of allylic oxidation sites excluding steroid dienone is 1. The van der Waals surface area contributed by atoms with E-state index in [1.807, 2.05) is 19.9 Å². The van der Waals surface area contributed by atoms with Crippen LogP contribution in [-0.2, 0) is 19.1 Å². The van der Waals surface area contributed by atoms with Crippen molar-refractivity contribution in [3.05, 3.63) is 11.6 Å². The smallest absolute Gasteiger partial charge is 0.309 e. The lowest BCUT2D eigenvalue weighted by molar-refractivity contribution is -0.185. The van der Waals surface area contributed by atoms with Crippen LogP contribution in [0.15, 0.2) is 11.6 Å². The quantitative estimate of drug-likeness (QED) is 0.486. The number of unbranched alkanes of at least 4 members (excludes halogenated alkanes) is 1. The van der Waals surface area contributed by atoms with E-state index in [1.54, 1.807) is 0 Å². The Morgan fingerprint density at radius 1 is 1.17 bits per heavy atom. The fourth-order valence-electron chi connectivity index (χ4n) is 8.46. The number of hydrogen-bond donors (Lipinski definition) is 2. The molecule has 0 heterocycles. The molecule has 35 heavy (non-hydrogen) atoms. The summed E-state index contributed by atoms with van der Waals surface area (Å²) < 4.78 is 5.44. The number of Topliss-reactive ketones (excluding diaryl/α,β-unsaturated/α-hetero) is 1. The van der Waals surface area contributed by atoms with Gasteiger partial charge in [0, 0.05) is 11.8 Å². The highest BCUT2D eigenvalue weighted by Gasteiger charge is 2.68. The van der Waals surface area contributed by atoms with Gasteiger partial charge in [-0.1, -0.05) is 46.1 Å². The molecule has 0 aliphatic heterocycles. The molecule has 0 spiro atoms. The second-order valence-electron chi connectivity index (χ2n) is 12.3. The second kappa shape index (κ2) is 9.74. The van der Waals surface area contributed by atoms with Gasteiger partial charge in [0.05, 0.1) is 12.0 Å². The van der Waals surface area contributed by atoms with Crippen molar-refractivity contribution in [3.63, 3.8) is 0 Å². The molecule has 0 saturated heterocycles. The molecular weight excluding hydrogens is 444 g/mol. The summed E-state index contributed by atoms with van der Waals surface area (Å²) in [5.74, 6) is -0.472. The number of ether oxygens (including phenoxy) is 1. The van der Waals surface area contributed by atoms with Gasteiger partial charge < -0.3 is 14.9 Å². The molecule has 0 radical (unpaired) electrons. The van der Waals surface area contributed by atoms with Crippen LogP contribution in [0.25, 0.3) is 0 Å². The van der Waals surface area contributed by atoms with Crippen LogP contribution in [0.2, 0.25) is 0 Å². The topological polar surface area (TPSA) is 101 Å². The molecule has 0 aromatic rings. The molecule has 4 rings (SSSR count). The van der Waals surface area contributed by atoms with E-state index in [0.29, 0.717) is 25.7 Å². The van der Waals surface area contributed by atoms with Gasteiger partial charge in [-0.25, -0.2) is 0 Å². The van der Waals surface area contributed by atoms with Gasteiger partial charge in [0.25, 0.3) is 0 Å². The Labute approximate surface area is 209 Å². The summed E-state index contributed by atoms with van der Waals surface area (Å²) in [7, 11) is 0. The Morgan fingerprint density at radius 2 is 1.91 bits per heavy atom. The summed E-state index contributed by atoms with van der Waals surface area (Å²) in [6, 6.07) is 0. The van der Waals surface area contributed by atoms with Gasteiger partial charge in [-0.2, -0.15) is 0 Å². The Bertz CT molecular complexity index is 894. The Balaban J connectivity index is 1.51. The number of esters is 1. The lowest BCUT2D eigenvalue weighted by atomic mass is 9.45. The summed E-state index contributed by atoms with van der Waals surface area (Å²) in [4.78, 5) is 38.0. The first-order valence-electron chi connectivity index (χ1n) is 13.9. The molecule has 8 atom stereocenters. The van der Waals surface area contributed by atoms with Crippen molar-refractivity contribution in [2.45, 2.75) is 110 Å². The highest BCUT2D eigenvalue weighted by Crippen LogP contribution is 2.67. The fraction of sp³-hybridized carbons (Fsp3) is 0.828. The van der Waals surface area contributed by atoms with E-state index >= 15 is 0 Å². The maximum absolute atomic E-state index is 13.4. The van der Waals surface area contributed by atoms with Gasteiger partial charge >= 0.3 is 5.97 Å². The van der Waals surface area contributed by atoms with Gasteiger partial charge in [-0.3, -0.25) is 14.4 Å². The van der Waals surface area contributed by atoms with Crippen molar-refractivity contribution < 1.29 is 29.3 Å². The number of aliphatic hydroxyl groups is 2. The van der Waals surface area contributed by atoms with Crippen LogP contribution in [0.4, 0.5) is 0 Å². The maximum Gasteiger partial charge on any atom is 0.309 e. The van der Waals surface area contributed by atoms with Crippen LogP contribution in [0.1, 0.15) is 98.3 Å². The summed E-state index contributed by atoms with van der Waals surface area (Å²) in [6.45, 7) is 7.78. The second-order valence-corrected chi connectivity index (χ2v) is 12.3. The van der Waals surface area contributed by atoms with Gasteiger partial charge in [0.1, 0.15) is 5.60 Å². The largest absolute Gasteiger partial charge is 0.457 e. The first-order chi connectivity index (χ1) is 16.5. The average Bonchev–Trinajstić information content (AvgIpc) is 3.09. The number of ketones is 2. The summed E-state index contributed by atoms with van der Waals surface area (Å²) in [5.41, 5.74) is -1.39. The molecule has 6 heteroatoms. The summed E-state index contributed by atoms with van der Waals surface area (Å²) in [6.07, 6.45) is 8.91. The molecule has 0 bridgehead atoms. The van der Waals surface area contributed by atoms with Crippen LogP contribution in [0.5, 0.6) is 0 Å². The minimum absolute atomic E-state index is 0.0350. The van der Waals surface area contributed by atoms with Gasteiger partial charge in [-0.05, 0) is 80.6 Å². The lowest BCUT2D eigenvalue weighted by Gasteiger charge is -2.60. The van der Waals surface area contributed by atoms with Crippen LogP contribution in [0.3, 0.4) is 0 Å². The number of carbonyl (C=O) groups excluding carboxylic acids is 3. The van der Waals surface area contributed by atoms with Gasteiger partial charge in [0.2, 0.25) is 5.78 Å². The molecule has 3 saturated carbocycles. The van der Waals surface area contributed by atoms with Crippen LogP contribution < -0.4 is 0 Å². The molecule has 3 fully saturated rings. The molecule has 0 amide bonds. The lowest BCUT2D eigenvalue weighted by Crippen LogP contribution is -2.62. The van der Waals surface area contributed by atoms with E-state index < -0.39 is 29.5 Å². The van der Waals surface area contributed by atoms with E-state index in [1.165, 1.54) is 5.57 Å². The summed E-state index contributed by atoms with van der Waals surface area (Å²) in [5, 5.41) is 23.3. The molecule has 0 aromatic heterocycles. The SMILES string of the molecule is CCCCC(CC)C(=O)OCC(=O)[C@@]1(O)CCC2C3CCC4=CC(=O)CCC4(C)C3C(O)CC21C. The number of aliphatic hydroxyl groups excluding tert-OH is 1. The number of rotatable bonds is 8. The predicted molar refractivity (Wildman–Crippen MR) is 132 cm³/mol. The third-order valence-corrected chi connectivity index (χ3v) is 10.6. The zero-order chi connectivity index (χ0) is 25.6. The first-order valence-corrected chi connectivity index (χ1v) is 13.9. The Kier molecular flexibility index (Phi) is 7.38. The van der Waals surface area contributed by atoms with Crippen molar-refractivity contribution in [2.24, 2.45) is 34.5 Å². The molecule has 4 aliphatic rings. The van der Waals surface area contributed by atoms with E-state index in [-0.39, 0.29) is 40.8 Å². The predicted octanol–water partition coefficient (Wildman–Crippen LogP) is 4.55. The van der Waals surface area contributed by atoms with Crippen molar-refractivity contribution in [3.8, 4) is 0 Å². The van der Waals surface area contributed by atoms with E-state index in [9.17, 15) is 24.6 Å². The minimum atomic E-state index is -1.60. The van der Waals surface area contributed by atoms with Gasteiger partial charge in [-0.15, -0.1) is 0 Å². The molecule has 2 N–H and O–H groups in total. The van der Waals surface area contributed by atoms with Crippen LogP contribution in [0, 0.1) is 34.5 Å². The van der Waals surface area contributed by atoms with Crippen molar-refractivity contribution in [1.82, 2.24) is 0 Å². The molecule has 7 unspecified atom stereocenters. The Hall–Kier alpha value is -1.53. The maximum atomic E-state index is 13.4. The zero-order valence-corrected chi connectivity index (χ0v) is 22.0. The van der Waals surface area contributed by atoms with Crippen molar-refractivity contribution in [1.29, 1.82) is 0 Å². The molecule has 4 aliphatic carbocycles. The van der Waals surface area contributed by atoms with E-state index in [2.05, 4.69) is 13.8 Å². The van der Waals surface area contributed by atoms with Crippen LogP contribution >= 0.6 is 0 Å². The minimum Gasteiger partial charge on any atom is -0.457 e. The third-order valence-electron chi connectivity index (χ3n) is 10.6. The summed E-state index contributed by atoms with van der Waals surface area (Å²) >= 11 is 0. The zero-order valence-electron chi connectivity index (χ0n) is 22.0. The molecule has 6 nitrogen and oxygen atoms in total. The molecule has 196 valence electrons. The standard InChI is InChI=1S/C29H44O6/c1-5-7-8-18(6-2)26(33)35-17-24(32)29(34)14-12-22-21-10-9-19-15-20(30)11-13-27(19,3)25(21)23(31)16-28(22,29)4/h15,18,21-23,25,31,34H,5-14,16-17H2,1-4H3/t18?,21?,22?,23?,25?,27?,28?,29-/m0/s1. The average molecular weight is 489 g/mol. The highest BCUT2D eigenvalue weighted by molar-refractivity contribution is 5.92. The number of hydrogen-bond acceptors (Lipinski definition) is 6.